The number of hydrogen-bond donors (Lipinski definition) is 1. The zero-order chi connectivity index (χ0) is 13.9. The molecule has 1 aromatic heterocycles. The van der Waals surface area contributed by atoms with E-state index >= 15 is 0 Å². The maximum atomic E-state index is 5.69. The van der Waals surface area contributed by atoms with E-state index < -0.39 is 0 Å². The lowest BCUT2D eigenvalue weighted by Gasteiger charge is -2.08. The van der Waals surface area contributed by atoms with Crippen LogP contribution in [-0.4, -0.2) is 23.1 Å². The SMILES string of the molecule is CCCCCCCCOc1cc(NCC)nc(C)n1. The number of hydrogen-bond acceptors (Lipinski definition) is 4. The molecule has 19 heavy (non-hydrogen) atoms. The fraction of sp³-hybridized carbons (Fsp3) is 0.733. The second-order valence-electron chi connectivity index (χ2n) is 4.79. The maximum absolute atomic E-state index is 5.69. The summed E-state index contributed by atoms with van der Waals surface area (Å²) in [5.41, 5.74) is 0. The van der Waals surface area contributed by atoms with Crippen LogP contribution in [0.1, 0.15) is 58.2 Å². The highest BCUT2D eigenvalue weighted by molar-refractivity contribution is 5.38. The van der Waals surface area contributed by atoms with E-state index in [4.69, 9.17) is 4.74 Å². The molecule has 0 fully saturated rings. The van der Waals surface area contributed by atoms with E-state index in [1.54, 1.807) is 0 Å². The van der Waals surface area contributed by atoms with Gasteiger partial charge in [0.1, 0.15) is 11.6 Å². The Labute approximate surface area is 117 Å². The van der Waals surface area contributed by atoms with E-state index in [1.165, 1.54) is 32.1 Å². The fourth-order valence-electron chi connectivity index (χ4n) is 1.95. The second kappa shape index (κ2) is 9.59. The number of nitrogens with one attached hydrogen (secondary N) is 1. The number of nitrogens with zero attached hydrogens (tertiary/aromatic N) is 2. The first-order valence-electron chi connectivity index (χ1n) is 7.48. The normalized spacial score (nSPS) is 10.5. The molecule has 0 aliphatic carbocycles. The van der Waals surface area contributed by atoms with Gasteiger partial charge in [-0.05, 0) is 20.3 Å². The van der Waals surface area contributed by atoms with Gasteiger partial charge in [-0.1, -0.05) is 39.0 Å². The minimum Gasteiger partial charge on any atom is -0.478 e. The van der Waals surface area contributed by atoms with Crippen LogP contribution in [0.25, 0.3) is 0 Å². The Morgan fingerprint density at radius 1 is 1.05 bits per heavy atom. The van der Waals surface area contributed by atoms with Crippen molar-refractivity contribution in [3.8, 4) is 5.88 Å². The molecule has 0 saturated carbocycles. The lowest BCUT2D eigenvalue weighted by Crippen LogP contribution is -2.05. The Morgan fingerprint density at radius 3 is 2.53 bits per heavy atom. The lowest BCUT2D eigenvalue weighted by molar-refractivity contribution is 0.292. The molecule has 1 rings (SSSR count). The summed E-state index contributed by atoms with van der Waals surface area (Å²) in [6, 6.07) is 1.87. The molecule has 0 aliphatic heterocycles. The van der Waals surface area contributed by atoms with Gasteiger partial charge < -0.3 is 10.1 Å². The van der Waals surface area contributed by atoms with Crippen LogP contribution >= 0.6 is 0 Å². The topological polar surface area (TPSA) is 47.0 Å². The fourth-order valence-corrected chi connectivity index (χ4v) is 1.95. The summed E-state index contributed by atoms with van der Waals surface area (Å²) in [6.45, 7) is 7.77. The molecule has 0 spiro atoms. The van der Waals surface area contributed by atoms with Crippen molar-refractivity contribution in [2.24, 2.45) is 0 Å². The van der Waals surface area contributed by atoms with Crippen LogP contribution < -0.4 is 10.1 Å². The molecular weight excluding hydrogens is 238 g/mol. The molecule has 0 atom stereocenters. The molecule has 0 unspecified atom stereocenters. The van der Waals surface area contributed by atoms with E-state index in [2.05, 4.69) is 22.2 Å². The van der Waals surface area contributed by atoms with Crippen LogP contribution in [0, 0.1) is 6.92 Å². The third kappa shape index (κ3) is 6.99. The first-order chi connectivity index (χ1) is 9.26. The Balaban J connectivity index is 2.25. The summed E-state index contributed by atoms with van der Waals surface area (Å²) in [5.74, 6) is 2.27. The third-order valence-electron chi connectivity index (χ3n) is 2.92. The van der Waals surface area contributed by atoms with Gasteiger partial charge >= 0.3 is 0 Å². The van der Waals surface area contributed by atoms with Crippen LogP contribution in [0.4, 0.5) is 5.82 Å². The van der Waals surface area contributed by atoms with Crippen LogP contribution in [0.5, 0.6) is 5.88 Å². The quantitative estimate of drug-likeness (QED) is 0.651. The zero-order valence-corrected chi connectivity index (χ0v) is 12.5. The highest BCUT2D eigenvalue weighted by atomic mass is 16.5. The van der Waals surface area contributed by atoms with Crippen molar-refractivity contribution in [3.63, 3.8) is 0 Å². The second-order valence-corrected chi connectivity index (χ2v) is 4.79. The number of unbranched alkanes of at least 4 members (excludes halogenated alkanes) is 5. The van der Waals surface area contributed by atoms with Gasteiger partial charge in [-0.3, -0.25) is 0 Å². The summed E-state index contributed by atoms with van der Waals surface area (Å²) in [6.07, 6.45) is 7.63. The molecule has 0 aliphatic rings. The Kier molecular flexibility index (Phi) is 7.94. The molecule has 0 aromatic carbocycles. The third-order valence-corrected chi connectivity index (χ3v) is 2.92. The van der Waals surface area contributed by atoms with Crippen molar-refractivity contribution in [2.75, 3.05) is 18.5 Å². The van der Waals surface area contributed by atoms with Gasteiger partial charge in [0.05, 0.1) is 6.61 Å². The minimum absolute atomic E-state index is 0.678. The van der Waals surface area contributed by atoms with Gasteiger partial charge in [0.25, 0.3) is 0 Å². The number of anilines is 1. The molecule has 0 amide bonds. The van der Waals surface area contributed by atoms with Crippen LogP contribution in [0.3, 0.4) is 0 Å². The van der Waals surface area contributed by atoms with Crippen molar-refractivity contribution in [1.29, 1.82) is 0 Å². The van der Waals surface area contributed by atoms with Crippen LogP contribution in [0.15, 0.2) is 6.07 Å². The lowest BCUT2D eigenvalue weighted by atomic mass is 10.1. The molecule has 0 bridgehead atoms. The first-order valence-corrected chi connectivity index (χ1v) is 7.48. The molecule has 1 heterocycles. The monoisotopic (exact) mass is 265 g/mol. The standard InChI is InChI=1S/C15H27N3O/c1-4-6-7-8-9-10-11-19-15-12-14(16-5-2)17-13(3)18-15/h12H,4-11H2,1-3H3,(H,16,17,18). The molecule has 0 radical (unpaired) electrons. The van der Waals surface area contributed by atoms with E-state index in [-0.39, 0.29) is 0 Å². The van der Waals surface area contributed by atoms with Gasteiger partial charge in [0.15, 0.2) is 0 Å². The number of aryl methyl sites for hydroxylation is 1. The van der Waals surface area contributed by atoms with Gasteiger partial charge in [-0.25, -0.2) is 4.98 Å². The molecule has 4 heteroatoms. The largest absolute Gasteiger partial charge is 0.478 e. The van der Waals surface area contributed by atoms with Crippen molar-refractivity contribution in [1.82, 2.24) is 9.97 Å². The van der Waals surface area contributed by atoms with E-state index in [9.17, 15) is 0 Å². The van der Waals surface area contributed by atoms with Crippen molar-refractivity contribution in [2.45, 2.75) is 59.3 Å². The maximum Gasteiger partial charge on any atom is 0.218 e. The minimum atomic E-state index is 0.678. The Bertz CT molecular complexity index is 355. The number of rotatable bonds is 10. The van der Waals surface area contributed by atoms with Crippen molar-refractivity contribution >= 4 is 5.82 Å². The van der Waals surface area contributed by atoms with Gasteiger partial charge in [0, 0.05) is 12.6 Å². The van der Waals surface area contributed by atoms with Gasteiger partial charge in [-0.2, -0.15) is 4.98 Å². The highest BCUT2D eigenvalue weighted by Crippen LogP contribution is 2.14. The summed E-state index contributed by atoms with van der Waals surface area (Å²) in [7, 11) is 0. The van der Waals surface area contributed by atoms with Gasteiger partial charge in [0.2, 0.25) is 5.88 Å². The van der Waals surface area contributed by atoms with Crippen molar-refractivity contribution < 1.29 is 4.74 Å². The molecule has 4 nitrogen and oxygen atoms in total. The molecule has 0 saturated heterocycles. The number of aromatic nitrogens is 2. The first kappa shape index (κ1) is 15.7. The van der Waals surface area contributed by atoms with Crippen LogP contribution in [0.2, 0.25) is 0 Å². The van der Waals surface area contributed by atoms with Crippen LogP contribution in [-0.2, 0) is 0 Å². The predicted molar refractivity (Wildman–Crippen MR) is 79.8 cm³/mol. The molecular formula is C15H27N3O. The summed E-state index contributed by atoms with van der Waals surface area (Å²) < 4.78 is 5.69. The smallest absolute Gasteiger partial charge is 0.218 e. The molecule has 1 N–H and O–H groups in total. The zero-order valence-electron chi connectivity index (χ0n) is 12.5. The average Bonchev–Trinajstić information content (AvgIpc) is 2.37. The number of ether oxygens (including phenoxy) is 1. The predicted octanol–water partition coefficient (Wildman–Crippen LogP) is 3.96. The van der Waals surface area contributed by atoms with Gasteiger partial charge in [-0.15, -0.1) is 0 Å². The molecule has 108 valence electrons. The molecule has 1 aromatic rings. The van der Waals surface area contributed by atoms with E-state index in [0.717, 1.165) is 31.2 Å². The summed E-state index contributed by atoms with van der Waals surface area (Å²) >= 11 is 0. The Morgan fingerprint density at radius 2 is 1.79 bits per heavy atom. The Hall–Kier alpha value is -1.32. The van der Waals surface area contributed by atoms with E-state index in [1.807, 2.05) is 19.9 Å². The summed E-state index contributed by atoms with van der Waals surface area (Å²) in [5, 5.41) is 3.18. The average molecular weight is 265 g/mol. The van der Waals surface area contributed by atoms with Crippen molar-refractivity contribution in [3.05, 3.63) is 11.9 Å². The summed E-state index contributed by atoms with van der Waals surface area (Å²) in [4.78, 5) is 8.59. The van der Waals surface area contributed by atoms with E-state index in [0.29, 0.717) is 5.88 Å². The highest BCUT2D eigenvalue weighted by Gasteiger charge is 2.02.